The summed E-state index contributed by atoms with van der Waals surface area (Å²) in [5, 5.41) is 35.7. The van der Waals surface area contributed by atoms with Crippen LogP contribution in [0.5, 0.6) is 0 Å². The van der Waals surface area contributed by atoms with Gasteiger partial charge in [-0.05, 0) is 61.1 Å². The lowest BCUT2D eigenvalue weighted by Gasteiger charge is -2.21. The Morgan fingerprint density at radius 1 is 0.647 bits per heavy atom. The molecule has 0 aliphatic carbocycles. The molecule has 0 saturated heterocycles. The van der Waals surface area contributed by atoms with Crippen LogP contribution in [0.25, 0.3) is 0 Å². The van der Waals surface area contributed by atoms with Gasteiger partial charge in [0.15, 0.2) is 0 Å². The first-order valence-corrected chi connectivity index (χ1v) is 12.1. The van der Waals surface area contributed by atoms with E-state index in [1.165, 1.54) is 11.1 Å². The van der Waals surface area contributed by atoms with Gasteiger partial charge in [0.05, 0.1) is 23.3 Å². The number of hydrogen-bond acceptors (Lipinski definition) is 4. The Bertz CT molecular complexity index is 744. The summed E-state index contributed by atoms with van der Waals surface area (Å²) in [7, 11) is 0. The molecular weight excluding hydrogens is 432 g/mol. The highest BCUT2D eigenvalue weighted by Crippen LogP contribution is 2.13. The first-order chi connectivity index (χ1) is 16.1. The topological polar surface area (TPSA) is 115 Å². The zero-order valence-corrected chi connectivity index (χ0v) is 21.2. The number of aliphatic hydroxyl groups excluding tert-OH is 2. The first-order valence-electron chi connectivity index (χ1n) is 12.1. The van der Waals surface area contributed by atoms with Crippen LogP contribution >= 0.6 is 0 Å². The van der Waals surface area contributed by atoms with Crippen molar-refractivity contribution in [2.24, 2.45) is 5.92 Å². The molecule has 2 atom stereocenters. The molecule has 0 aliphatic heterocycles. The largest absolute Gasteiger partial charge is 0.478 e. The molecule has 2 rings (SSSR count). The molecule has 0 aromatic heterocycles. The monoisotopic (exact) mass is 474 g/mol. The number of aromatic carboxylic acids is 2. The van der Waals surface area contributed by atoms with E-state index in [1.54, 1.807) is 24.3 Å². The standard InChI is InChI=1S/2C10H12O2.C8H18O2/c2*1-2-3-8-4-6-9(7-5-8)10(11)12;1-4-7(9)6(3)8(10)5-2/h2*4-7H,2-3H2,1H3,(H,11,12);6-10H,4-5H2,1-3H3. The average Bonchev–Trinajstić information content (AvgIpc) is 2.84. The average molecular weight is 475 g/mol. The predicted octanol–water partition coefficient (Wildman–Crippen LogP) is 5.84. The van der Waals surface area contributed by atoms with Crippen molar-refractivity contribution in [3.8, 4) is 0 Å². The van der Waals surface area contributed by atoms with Crippen LogP contribution in [0.15, 0.2) is 48.5 Å². The maximum absolute atomic E-state index is 10.5. The van der Waals surface area contributed by atoms with Gasteiger partial charge in [-0.25, -0.2) is 9.59 Å². The molecule has 0 spiro atoms. The number of aliphatic hydroxyl groups is 2. The Labute approximate surface area is 204 Å². The molecule has 0 radical (unpaired) electrons. The van der Waals surface area contributed by atoms with Crippen LogP contribution < -0.4 is 0 Å². The lowest BCUT2D eigenvalue weighted by molar-refractivity contribution is 0.0186. The fraction of sp³-hybridized carbons (Fsp3) is 0.500. The fourth-order valence-electron chi connectivity index (χ4n) is 3.21. The molecule has 0 saturated carbocycles. The van der Waals surface area contributed by atoms with E-state index in [0.29, 0.717) is 11.1 Å². The van der Waals surface area contributed by atoms with E-state index in [0.717, 1.165) is 38.5 Å². The van der Waals surface area contributed by atoms with Crippen LogP contribution in [0.2, 0.25) is 0 Å². The zero-order valence-electron chi connectivity index (χ0n) is 21.2. The lowest BCUT2D eigenvalue weighted by atomic mass is 9.95. The molecule has 6 nitrogen and oxygen atoms in total. The second kappa shape index (κ2) is 17.7. The van der Waals surface area contributed by atoms with E-state index in [-0.39, 0.29) is 18.1 Å². The summed E-state index contributed by atoms with van der Waals surface area (Å²) in [4.78, 5) is 20.9. The second-order valence-electron chi connectivity index (χ2n) is 8.31. The van der Waals surface area contributed by atoms with E-state index in [2.05, 4.69) is 13.8 Å². The zero-order chi connectivity index (χ0) is 26.1. The molecule has 2 unspecified atom stereocenters. The third kappa shape index (κ3) is 12.5. The number of aryl methyl sites for hydroxylation is 2. The third-order valence-corrected chi connectivity index (χ3v) is 5.53. The van der Waals surface area contributed by atoms with Crippen molar-refractivity contribution in [1.82, 2.24) is 0 Å². The number of hydrogen-bond donors (Lipinski definition) is 4. The van der Waals surface area contributed by atoms with Crippen molar-refractivity contribution in [3.63, 3.8) is 0 Å². The number of carboxylic acids is 2. The molecule has 34 heavy (non-hydrogen) atoms. The van der Waals surface area contributed by atoms with Gasteiger partial charge in [0.25, 0.3) is 0 Å². The molecule has 0 bridgehead atoms. The van der Waals surface area contributed by atoms with Gasteiger partial charge in [-0.1, -0.05) is 71.7 Å². The Morgan fingerprint density at radius 3 is 1.15 bits per heavy atom. The molecule has 0 amide bonds. The van der Waals surface area contributed by atoms with Gasteiger partial charge in [0.2, 0.25) is 0 Å². The van der Waals surface area contributed by atoms with Crippen LogP contribution in [0.1, 0.15) is 92.1 Å². The molecule has 0 aliphatic rings. The predicted molar refractivity (Wildman–Crippen MR) is 137 cm³/mol. The van der Waals surface area contributed by atoms with Crippen molar-refractivity contribution < 1.29 is 30.0 Å². The summed E-state index contributed by atoms with van der Waals surface area (Å²) in [6.45, 7) is 9.92. The maximum atomic E-state index is 10.5. The van der Waals surface area contributed by atoms with Crippen LogP contribution in [0.4, 0.5) is 0 Å². The Morgan fingerprint density at radius 2 is 0.941 bits per heavy atom. The molecular formula is C28H42O6. The highest BCUT2D eigenvalue weighted by molar-refractivity contribution is 5.87. The van der Waals surface area contributed by atoms with Crippen molar-refractivity contribution in [2.45, 2.75) is 85.4 Å². The summed E-state index contributed by atoms with van der Waals surface area (Å²) in [6.07, 6.45) is 4.94. The van der Waals surface area contributed by atoms with Gasteiger partial charge in [-0.3, -0.25) is 0 Å². The molecule has 2 aromatic rings. The Kier molecular flexibility index (Phi) is 16.3. The van der Waals surface area contributed by atoms with Gasteiger partial charge >= 0.3 is 11.9 Å². The lowest BCUT2D eigenvalue weighted by Crippen LogP contribution is -2.28. The van der Waals surface area contributed by atoms with Gasteiger partial charge in [-0.2, -0.15) is 0 Å². The Hall–Kier alpha value is -2.70. The van der Waals surface area contributed by atoms with Gasteiger partial charge in [0.1, 0.15) is 0 Å². The van der Waals surface area contributed by atoms with E-state index in [9.17, 15) is 19.8 Å². The highest BCUT2D eigenvalue weighted by atomic mass is 16.4. The fourth-order valence-corrected chi connectivity index (χ4v) is 3.21. The summed E-state index contributed by atoms with van der Waals surface area (Å²) in [6, 6.07) is 14.1. The van der Waals surface area contributed by atoms with Crippen molar-refractivity contribution in [2.75, 3.05) is 0 Å². The second-order valence-corrected chi connectivity index (χ2v) is 8.31. The summed E-state index contributed by atoms with van der Waals surface area (Å²) < 4.78 is 0. The minimum atomic E-state index is -0.863. The minimum absolute atomic E-state index is 0.00926. The van der Waals surface area contributed by atoms with Gasteiger partial charge < -0.3 is 20.4 Å². The number of benzene rings is 2. The minimum Gasteiger partial charge on any atom is -0.478 e. The number of carbonyl (C=O) groups is 2. The molecule has 190 valence electrons. The number of rotatable bonds is 10. The Balaban J connectivity index is 0.000000484. The van der Waals surface area contributed by atoms with E-state index >= 15 is 0 Å². The molecule has 0 fully saturated rings. The van der Waals surface area contributed by atoms with Crippen LogP contribution in [0.3, 0.4) is 0 Å². The molecule has 4 N–H and O–H groups in total. The summed E-state index contributed by atoms with van der Waals surface area (Å²) in [5.74, 6) is -1.72. The quantitative estimate of drug-likeness (QED) is 0.344. The highest BCUT2D eigenvalue weighted by Gasteiger charge is 2.18. The van der Waals surface area contributed by atoms with Gasteiger partial charge in [0, 0.05) is 5.92 Å². The molecule has 0 heterocycles. The molecule has 2 aromatic carbocycles. The first kappa shape index (κ1) is 31.3. The van der Waals surface area contributed by atoms with E-state index in [1.807, 2.05) is 45.0 Å². The third-order valence-electron chi connectivity index (χ3n) is 5.53. The van der Waals surface area contributed by atoms with Crippen molar-refractivity contribution in [3.05, 3.63) is 70.8 Å². The van der Waals surface area contributed by atoms with Crippen molar-refractivity contribution in [1.29, 1.82) is 0 Å². The summed E-state index contributed by atoms with van der Waals surface area (Å²) >= 11 is 0. The normalized spacial score (nSPS) is 12.8. The summed E-state index contributed by atoms with van der Waals surface area (Å²) in [5.41, 5.74) is 3.11. The van der Waals surface area contributed by atoms with Crippen molar-refractivity contribution >= 4 is 11.9 Å². The maximum Gasteiger partial charge on any atom is 0.335 e. The molecule has 6 heteroatoms. The van der Waals surface area contributed by atoms with E-state index < -0.39 is 11.9 Å². The smallest absolute Gasteiger partial charge is 0.335 e. The van der Waals surface area contributed by atoms with Crippen LogP contribution in [-0.2, 0) is 12.8 Å². The van der Waals surface area contributed by atoms with E-state index in [4.69, 9.17) is 10.2 Å². The van der Waals surface area contributed by atoms with Crippen LogP contribution in [0, 0.1) is 5.92 Å². The van der Waals surface area contributed by atoms with Gasteiger partial charge in [-0.15, -0.1) is 0 Å². The number of carboxylic acid groups (broad SMARTS) is 2. The SMILES string of the molecule is CCC(O)C(C)C(O)CC.CCCc1ccc(C(=O)O)cc1.CCCc1ccc(C(=O)O)cc1. The van der Waals surface area contributed by atoms with Crippen LogP contribution in [-0.4, -0.2) is 44.6 Å².